The predicted octanol–water partition coefficient (Wildman–Crippen LogP) is 0.0433. The number of carbonyl (C=O) groups excluding carboxylic acids is 1. The molecule has 0 rings (SSSR count). The van der Waals surface area contributed by atoms with Crippen molar-refractivity contribution in [2.45, 2.75) is 19.8 Å². The van der Waals surface area contributed by atoms with E-state index < -0.39 is 0 Å². The molecule has 0 amide bonds. The van der Waals surface area contributed by atoms with Gasteiger partial charge in [-0.3, -0.25) is 4.79 Å². The first-order chi connectivity index (χ1) is 3.31. The topological polar surface area (TPSA) is 26.3 Å². The summed E-state index contributed by atoms with van der Waals surface area (Å²) in [6.45, 7) is 1.94. The molecule has 0 aromatic carbocycles. The fraction of sp³-hybridized carbons (Fsp3) is 0.800. The number of carbonyl (C=O) groups is 1. The van der Waals surface area contributed by atoms with Crippen LogP contribution >= 0.6 is 0 Å². The first-order valence-corrected chi connectivity index (χ1v) is 2.38. The zero-order valence-electron chi connectivity index (χ0n) is 4.73. The van der Waals surface area contributed by atoms with Crippen LogP contribution in [0.4, 0.5) is 0 Å². The van der Waals surface area contributed by atoms with Gasteiger partial charge in [0.1, 0.15) is 0 Å². The van der Waals surface area contributed by atoms with Crippen molar-refractivity contribution in [3.63, 3.8) is 0 Å². The van der Waals surface area contributed by atoms with Gasteiger partial charge in [0.25, 0.3) is 0 Å². The van der Waals surface area contributed by atoms with Gasteiger partial charge in [-0.15, -0.1) is 0 Å². The van der Waals surface area contributed by atoms with Gasteiger partial charge >= 0.3 is 43.7 Å². The molecule has 2 nitrogen and oxygen atoms in total. The number of hydrogen-bond acceptors (Lipinski definition) is 2. The summed E-state index contributed by atoms with van der Waals surface area (Å²) in [7, 11) is 1.40. The first-order valence-electron chi connectivity index (χ1n) is 2.38. The molecule has 0 heterocycles. The van der Waals surface area contributed by atoms with E-state index in [1.165, 1.54) is 7.11 Å². The summed E-state index contributed by atoms with van der Waals surface area (Å²) in [5.41, 5.74) is 0. The van der Waals surface area contributed by atoms with Crippen LogP contribution in [0, 0.1) is 0 Å². The van der Waals surface area contributed by atoms with Crippen molar-refractivity contribution in [1.82, 2.24) is 0 Å². The molecule has 3 heteroatoms. The Hall–Kier alpha value is 0.730. The molecule has 0 aromatic rings. The Morgan fingerprint density at radius 1 is 1.62 bits per heavy atom. The summed E-state index contributed by atoms with van der Waals surface area (Å²) in [6, 6.07) is 0. The normalized spacial score (nSPS) is 7.25. The van der Waals surface area contributed by atoms with E-state index in [9.17, 15) is 4.79 Å². The van der Waals surface area contributed by atoms with Gasteiger partial charge in [0.2, 0.25) is 0 Å². The molecule has 0 aliphatic heterocycles. The SMILES string of the molecule is CCCC(=O)OC.[CaH2]. The number of ether oxygens (including phenoxy) is 1. The second-order valence-corrected chi connectivity index (χ2v) is 1.33. The molecule has 0 fully saturated rings. The van der Waals surface area contributed by atoms with E-state index in [2.05, 4.69) is 4.74 Å². The quantitative estimate of drug-likeness (QED) is 0.404. The second kappa shape index (κ2) is 7.73. The molecule has 0 aromatic heterocycles. The van der Waals surface area contributed by atoms with Crippen LogP contribution in [-0.2, 0) is 9.53 Å². The Morgan fingerprint density at radius 2 is 2.12 bits per heavy atom. The molecule has 0 atom stereocenters. The van der Waals surface area contributed by atoms with Gasteiger partial charge in [-0.1, -0.05) is 6.92 Å². The summed E-state index contributed by atoms with van der Waals surface area (Å²) < 4.78 is 4.35. The van der Waals surface area contributed by atoms with Crippen LogP contribution in [-0.4, -0.2) is 50.8 Å². The molecular weight excluding hydrogens is 132 g/mol. The molecule has 0 radical (unpaired) electrons. The van der Waals surface area contributed by atoms with E-state index in [0.29, 0.717) is 6.42 Å². The van der Waals surface area contributed by atoms with Gasteiger partial charge in [0.15, 0.2) is 0 Å². The monoisotopic (exact) mass is 144 g/mol. The van der Waals surface area contributed by atoms with Crippen LogP contribution in [0.25, 0.3) is 0 Å². The third kappa shape index (κ3) is 6.73. The maximum absolute atomic E-state index is 10.2. The van der Waals surface area contributed by atoms with Crippen molar-refractivity contribution in [3.05, 3.63) is 0 Å². The van der Waals surface area contributed by atoms with E-state index in [1.807, 2.05) is 6.92 Å². The third-order valence-corrected chi connectivity index (χ3v) is 0.682. The molecule has 0 bridgehead atoms. The zero-order valence-corrected chi connectivity index (χ0v) is 4.73. The Kier molecular flexibility index (Phi) is 11.1. The standard InChI is InChI=1S/C5H10O2.Ca.2H/c1-3-4-5(6)7-2;;;/h3-4H2,1-2H3;;;. The molecule has 0 saturated heterocycles. The van der Waals surface area contributed by atoms with Crippen molar-refractivity contribution in [3.8, 4) is 0 Å². The second-order valence-electron chi connectivity index (χ2n) is 1.33. The fourth-order valence-electron chi connectivity index (χ4n) is 0.306. The molecule has 46 valence electrons. The van der Waals surface area contributed by atoms with E-state index in [4.69, 9.17) is 0 Å². The number of methoxy groups -OCH3 is 1. The van der Waals surface area contributed by atoms with E-state index >= 15 is 0 Å². The molecule has 0 saturated carbocycles. The Morgan fingerprint density at radius 3 is 2.25 bits per heavy atom. The van der Waals surface area contributed by atoms with Crippen molar-refractivity contribution in [2.75, 3.05) is 7.11 Å². The van der Waals surface area contributed by atoms with E-state index in [-0.39, 0.29) is 43.7 Å². The summed E-state index contributed by atoms with van der Waals surface area (Å²) in [5.74, 6) is -0.123. The fourth-order valence-corrected chi connectivity index (χ4v) is 0.306. The van der Waals surface area contributed by atoms with Crippen LogP contribution in [0.3, 0.4) is 0 Å². The van der Waals surface area contributed by atoms with Gasteiger partial charge in [-0.05, 0) is 6.42 Å². The molecule has 0 unspecified atom stereocenters. The Bertz CT molecular complexity index is 63.4. The van der Waals surface area contributed by atoms with Gasteiger partial charge in [-0.2, -0.15) is 0 Å². The van der Waals surface area contributed by atoms with Crippen LogP contribution in [0.1, 0.15) is 19.8 Å². The Labute approximate surface area is 79.6 Å². The molecule has 0 aliphatic rings. The molecule has 0 aliphatic carbocycles. The molecule has 0 spiro atoms. The van der Waals surface area contributed by atoms with Gasteiger partial charge in [0, 0.05) is 6.42 Å². The third-order valence-electron chi connectivity index (χ3n) is 0.682. The van der Waals surface area contributed by atoms with Gasteiger partial charge < -0.3 is 4.74 Å². The summed E-state index contributed by atoms with van der Waals surface area (Å²) in [5, 5.41) is 0. The van der Waals surface area contributed by atoms with E-state index in [0.717, 1.165) is 6.42 Å². The zero-order chi connectivity index (χ0) is 5.70. The maximum atomic E-state index is 10.2. The van der Waals surface area contributed by atoms with Crippen LogP contribution in [0.15, 0.2) is 0 Å². The van der Waals surface area contributed by atoms with Crippen molar-refractivity contribution in [1.29, 1.82) is 0 Å². The Balaban J connectivity index is 0. The summed E-state index contributed by atoms with van der Waals surface area (Å²) in [6.07, 6.45) is 1.41. The van der Waals surface area contributed by atoms with Crippen molar-refractivity contribution in [2.24, 2.45) is 0 Å². The summed E-state index contributed by atoms with van der Waals surface area (Å²) in [4.78, 5) is 10.2. The van der Waals surface area contributed by atoms with E-state index in [1.54, 1.807) is 0 Å². The van der Waals surface area contributed by atoms with Crippen molar-refractivity contribution >= 4 is 43.7 Å². The van der Waals surface area contributed by atoms with Crippen molar-refractivity contribution < 1.29 is 9.53 Å². The van der Waals surface area contributed by atoms with Gasteiger partial charge in [-0.25, -0.2) is 0 Å². The summed E-state index contributed by atoms with van der Waals surface area (Å²) >= 11 is 0. The van der Waals surface area contributed by atoms with Crippen LogP contribution in [0.5, 0.6) is 0 Å². The van der Waals surface area contributed by atoms with Gasteiger partial charge in [0.05, 0.1) is 7.11 Å². The molecule has 0 N–H and O–H groups in total. The average Bonchev–Trinajstić information content (AvgIpc) is 1.68. The molecule has 8 heavy (non-hydrogen) atoms. The minimum atomic E-state index is -0.123. The minimum absolute atomic E-state index is 0. The predicted molar refractivity (Wildman–Crippen MR) is 35.5 cm³/mol. The van der Waals surface area contributed by atoms with Crippen LogP contribution in [0.2, 0.25) is 0 Å². The number of esters is 1. The van der Waals surface area contributed by atoms with Crippen LogP contribution < -0.4 is 0 Å². The average molecular weight is 144 g/mol. The number of hydrogen-bond donors (Lipinski definition) is 0. The first kappa shape index (κ1) is 11.5. The molecular formula is C5H12CaO2. The number of rotatable bonds is 2.